The van der Waals surface area contributed by atoms with Gasteiger partial charge in [-0.05, 0) is 0 Å². The molecule has 0 saturated heterocycles. The maximum Gasteiger partial charge on any atom is 0.300 e. The van der Waals surface area contributed by atoms with Gasteiger partial charge in [0.2, 0.25) is 5.91 Å². The number of hydrogen-bond acceptors (Lipinski definition) is 2. The summed E-state index contributed by atoms with van der Waals surface area (Å²) in [5.41, 5.74) is 4.47. The number of nitrogens with two attached hydrogens (primary N) is 1. The number of quaternary nitrogens is 1. The summed E-state index contributed by atoms with van der Waals surface area (Å²) in [5.74, 6) is -1.17. The van der Waals surface area contributed by atoms with E-state index in [1.807, 2.05) is 127 Å². The zero-order chi connectivity index (χ0) is 27.0. The number of hydrogen-bond donors (Lipinski definition) is 2. The Bertz CT molecular complexity index is 739. The first-order valence-corrected chi connectivity index (χ1v) is 10.6. The maximum absolute atomic E-state index is 9.22. The fraction of sp³-hybridized carbons (Fsp3) is 0.346. The number of carboxylic acids is 1. The first-order chi connectivity index (χ1) is 15.6. The maximum atomic E-state index is 9.22. The SMILES string of the molecule is CC(=O)O.CC(N)=O.C[N+](C)(C)C.C[n+]1ccccc1.C[n+]1ccccc1.C[n+]1ccccc1. The molecule has 3 N–H and O–H groups in total. The predicted octanol–water partition coefficient (Wildman–Crippen LogP) is 1.44. The minimum Gasteiger partial charge on any atom is -0.481 e. The highest BCUT2D eigenvalue weighted by Gasteiger charge is 1.88. The largest absolute Gasteiger partial charge is 0.481 e. The number of amides is 1. The van der Waals surface area contributed by atoms with Gasteiger partial charge >= 0.3 is 0 Å². The number of carbonyl (C=O) groups is 2. The van der Waals surface area contributed by atoms with Crippen LogP contribution in [0, 0.1) is 0 Å². The van der Waals surface area contributed by atoms with Gasteiger partial charge in [-0.15, -0.1) is 0 Å². The lowest BCUT2D eigenvalue weighted by atomic mass is 10.5. The molecule has 0 aliphatic rings. The molecule has 0 bridgehead atoms. The molecule has 0 radical (unpaired) electrons. The Morgan fingerprint density at radius 2 is 0.706 bits per heavy atom. The molecule has 0 spiro atoms. The normalized spacial score (nSPS) is 8.62. The van der Waals surface area contributed by atoms with Gasteiger partial charge in [0.05, 0.1) is 28.2 Å². The molecule has 188 valence electrons. The lowest BCUT2D eigenvalue weighted by molar-refractivity contribution is -0.849. The molecule has 1 amide bonds. The fourth-order valence-electron chi connectivity index (χ4n) is 1.45. The minimum atomic E-state index is -0.833. The summed E-state index contributed by atoms with van der Waals surface area (Å²) >= 11 is 0. The zero-order valence-corrected chi connectivity index (χ0v) is 22.3. The van der Waals surface area contributed by atoms with E-state index in [1.165, 1.54) is 6.92 Å². The Morgan fingerprint density at radius 3 is 0.765 bits per heavy atom. The number of carbonyl (C=O) groups excluding carboxylic acids is 1. The van der Waals surface area contributed by atoms with E-state index in [1.54, 1.807) is 0 Å². The second-order valence-corrected chi connectivity index (χ2v) is 8.44. The van der Waals surface area contributed by atoms with Gasteiger partial charge in [0, 0.05) is 50.2 Å². The third-order valence-electron chi connectivity index (χ3n) is 2.59. The molecule has 3 heterocycles. The summed E-state index contributed by atoms with van der Waals surface area (Å²) in [4.78, 5) is 18.2. The van der Waals surface area contributed by atoms with E-state index in [2.05, 4.69) is 33.9 Å². The highest BCUT2D eigenvalue weighted by molar-refractivity contribution is 5.70. The summed E-state index contributed by atoms with van der Waals surface area (Å²) in [6, 6.07) is 18.0. The second-order valence-electron chi connectivity index (χ2n) is 8.44. The molecule has 0 unspecified atom stereocenters. The highest BCUT2D eigenvalue weighted by atomic mass is 16.4. The van der Waals surface area contributed by atoms with Crippen molar-refractivity contribution in [2.24, 2.45) is 26.9 Å². The van der Waals surface area contributed by atoms with Gasteiger partial charge in [0.25, 0.3) is 5.97 Å². The molecule has 8 heteroatoms. The van der Waals surface area contributed by atoms with Gasteiger partial charge in [0.1, 0.15) is 21.1 Å². The predicted molar refractivity (Wildman–Crippen MR) is 135 cm³/mol. The molecule has 8 nitrogen and oxygen atoms in total. The number of aromatic nitrogens is 3. The molecule has 3 rings (SSSR count). The number of aliphatic carboxylic acids is 1. The van der Waals surface area contributed by atoms with Crippen LogP contribution in [0.5, 0.6) is 0 Å². The van der Waals surface area contributed by atoms with E-state index in [4.69, 9.17) is 9.90 Å². The number of nitrogens with zero attached hydrogens (tertiary/aromatic N) is 4. The average molecular weight is 476 g/mol. The summed E-state index contributed by atoms with van der Waals surface area (Å²) in [5, 5.41) is 7.42. The van der Waals surface area contributed by atoms with Crippen molar-refractivity contribution in [2.75, 3.05) is 28.2 Å². The summed E-state index contributed by atoms with van der Waals surface area (Å²) in [6.07, 6.45) is 12.0. The number of rotatable bonds is 0. The summed E-state index contributed by atoms with van der Waals surface area (Å²) in [7, 11) is 14.5. The van der Waals surface area contributed by atoms with E-state index in [9.17, 15) is 4.79 Å². The van der Waals surface area contributed by atoms with E-state index in [-0.39, 0.29) is 5.91 Å². The minimum absolute atomic E-state index is 0.333. The van der Waals surface area contributed by atoms with Crippen LogP contribution in [0.15, 0.2) is 91.8 Å². The summed E-state index contributed by atoms with van der Waals surface area (Å²) in [6.45, 7) is 2.39. The number of pyridine rings is 3. The Morgan fingerprint density at radius 1 is 0.588 bits per heavy atom. The van der Waals surface area contributed by atoms with Gasteiger partial charge < -0.3 is 15.3 Å². The molecule has 0 saturated carbocycles. The van der Waals surface area contributed by atoms with Crippen LogP contribution in [0.1, 0.15) is 13.8 Å². The molecule has 0 aliphatic heterocycles. The lowest BCUT2D eigenvalue weighted by Crippen LogP contribution is -2.27. The van der Waals surface area contributed by atoms with Gasteiger partial charge in [0.15, 0.2) is 37.2 Å². The number of aryl methyl sites for hydroxylation is 3. The standard InChI is InChI=1S/3C6H8N.C4H12N.C2H5NO.C2H4O2/c3*1-7-5-3-2-4-6-7;1-5(2,3)4;2*1-2(3)4/h3*2-6H,1H3;1-4H3;1H3,(H2,3,4);1H3,(H,3,4)/q4*+1;;. The van der Waals surface area contributed by atoms with Crippen molar-refractivity contribution in [3.63, 3.8) is 0 Å². The molecule has 0 aromatic carbocycles. The van der Waals surface area contributed by atoms with Gasteiger partial charge in [-0.2, -0.15) is 0 Å². The van der Waals surface area contributed by atoms with Crippen LogP contribution >= 0.6 is 0 Å². The number of primary amides is 1. The van der Waals surface area contributed by atoms with Crippen LogP contribution in [0.3, 0.4) is 0 Å². The Balaban J connectivity index is -0.000000346. The molecule has 0 atom stereocenters. The van der Waals surface area contributed by atoms with Gasteiger partial charge in [-0.3, -0.25) is 9.59 Å². The van der Waals surface area contributed by atoms with Crippen LogP contribution in [-0.2, 0) is 30.7 Å². The van der Waals surface area contributed by atoms with E-state index in [0.717, 1.165) is 11.4 Å². The van der Waals surface area contributed by atoms with Crippen molar-refractivity contribution >= 4 is 11.9 Å². The highest BCUT2D eigenvalue weighted by Crippen LogP contribution is 1.74. The molecular formula is C26H45N5O3+4. The monoisotopic (exact) mass is 475 g/mol. The lowest BCUT2D eigenvalue weighted by Gasteiger charge is -2.14. The van der Waals surface area contributed by atoms with Gasteiger partial charge in [-0.1, -0.05) is 18.2 Å². The van der Waals surface area contributed by atoms with Crippen LogP contribution in [0.25, 0.3) is 0 Å². The van der Waals surface area contributed by atoms with Crippen LogP contribution in [0.4, 0.5) is 0 Å². The smallest absolute Gasteiger partial charge is 0.300 e. The van der Waals surface area contributed by atoms with E-state index >= 15 is 0 Å². The van der Waals surface area contributed by atoms with Crippen molar-refractivity contribution in [2.45, 2.75) is 13.8 Å². The van der Waals surface area contributed by atoms with Crippen molar-refractivity contribution < 1.29 is 32.9 Å². The van der Waals surface area contributed by atoms with Gasteiger partial charge in [-0.25, -0.2) is 13.7 Å². The average Bonchev–Trinajstić information content (AvgIpc) is 2.69. The van der Waals surface area contributed by atoms with Crippen molar-refractivity contribution in [3.8, 4) is 0 Å². The third kappa shape index (κ3) is 51.2. The van der Waals surface area contributed by atoms with Crippen molar-refractivity contribution in [3.05, 3.63) is 91.8 Å². The zero-order valence-electron chi connectivity index (χ0n) is 22.3. The molecule has 0 fully saturated rings. The Kier molecular flexibility index (Phi) is 23.2. The topological polar surface area (TPSA) is 92.0 Å². The van der Waals surface area contributed by atoms with Crippen LogP contribution in [0.2, 0.25) is 0 Å². The quantitative estimate of drug-likeness (QED) is 0.381. The van der Waals surface area contributed by atoms with Crippen molar-refractivity contribution in [1.29, 1.82) is 0 Å². The molecule has 3 aromatic heterocycles. The number of carboxylic acid groups (broad SMARTS) is 1. The fourth-order valence-corrected chi connectivity index (χ4v) is 1.45. The van der Waals surface area contributed by atoms with Crippen molar-refractivity contribution in [1.82, 2.24) is 0 Å². The van der Waals surface area contributed by atoms with Crippen LogP contribution in [-0.4, -0.2) is 49.7 Å². The first kappa shape index (κ1) is 35.0. The molecule has 34 heavy (non-hydrogen) atoms. The molecular weight excluding hydrogens is 430 g/mol. The molecule has 0 aliphatic carbocycles. The van der Waals surface area contributed by atoms with E-state index < -0.39 is 5.97 Å². The second kappa shape index (κ2) is 22.5. The third-order valence-corrected chi connectivity index (χ3v) is 2.59. The first-order valence-electron chi connectivity index (χ1n) is 10.6. The summed E-state index contributed by atoms with van der Waals surface area (Å²) < 4.78 is 7.00. The Hall–Kier alpha value is -3.65. The Labute approximate surface area is 205 Å². The van der Waals surface area contributed by atoms with E-state index in [0.29, 0.717) is 0 Å². The van der Waals surface area contributed by atoms with Crippen LogP contribution < -0.4 is 19.4 Å². The molecule has 3 aromatic rings.